The molecule has 1 nitrogen and oxygen atoms in total. The van der Waals surface area contributed by atoms with Crippen molar-refractivity contribution in [1.29, 1.82) is 0 Å². The van der Waals surface area contributed by atoms with Crippen molar-refractivity contribution >= 4 is 11.8 Å². The van der Waals surface area contributed by atoms with E-state index in [1.54, 1.807) is 0 Å². The summed E-state index contributed by atoms with van der Waals surface area (Å²) in [5.41, 5.74) is 1.13. The highest BCUT2D eigenvalue weighted by molar-refractivity contribution is 8.02. The van der Waals surface area contributed by atoms with Crippen LogP contribution in [0.5, 0.6) is 5.75 Å². The van der Waals surface area contributed by atoms with E-state index in [1.807, 2.05) is 37.4 Å². The van der Waals surface area contributed by atoms with Crippen LogP contribution in [-0.4, -0.2) is 6.26 Å². The first-order chi connectivity index (χ1) is 5.74. The number of rotatable bonds is 3. The Hall–Kier alpha value is -0.890. The second-order valence-electron chi connectivity index (χ2n) is 2.44. The zero-order valence-electron chi connectivity index (χ0n) is 7.33. The third-order valence-electron chi connectivity index (χ3n) is 1.55. The first-order valence-electron chi connectivity index (χ1n) is 3.70. The Morgan fingerprint density at radius 1 is 1.42 bits per heavy atom. The van der Waals surface area contributed by atoms with E-state index in [1.165, 1.54) is 11.8 Å². The molecule has 0 saturated carbocycles. The van der Waals surface area contributed by atoms with E-state index >= 15 is 0 Å². The van der Waals surface area contributed by atoms with E-state index in [9.17, 15) is 0 Å². The molecule has 0 atom stereocenters. The number of benzene rings is 1. The second-order valence-corrected chi connectivity index (χ2v) is 3.31. The van der Waals surface area contributed by atoms with E-state index in [2.05, 4.69) is 6.58 Å². The summed E-state index contributed by atoms with van der Waals surface area (Å²) in [5, 5.41) is 0.726. The van der Waals surface area contributed by atoms with Crippen molar-refractivity contribution in [1.82, 2.24) is 0 Å². The minimum absolute atomic E-state index is 0.726. The summed E-state index contributed by atoms with van der Waals surface area (Å²) in [5.74, 6) is 0.886. The summed E-state index contributed by atoms with van der Waals surface area (Å²) in [6, 6.07) is 7.90. The lowest BCUT2D eigenvalue weighted by molar-refractivity contribution is 0.465. The zero-order chi connectivity index (χ0) is 8.97. The third-order valence-corrected chi connectivity index (χ3v) is 2.08. The molecule has 0 aliphatic carbocycles. The fourth-order valence-electron chi connectivity index (χ4n) is 0.835. The van der Waals surface area contributed by atoms with E-state index in [-0.39, 0.29) is 0 Å². The van der Waals surface area contributed by atoms with Crippen molar-refractivity contribution in [3.05, 3.63) is 41.5 Å². The first-order valence-corrected chi connectivity index (χ1v) is 4.93. The largest absolute Gasteiger partial charge is 0.451 e. The van der Waals surface area contributed by atoms with Crippen LogP contribution < -0.4 is 4.74 Å². The molecule has 64 valence electrons. The molecule has 2 heteroatoms. The van der Waals surface area contributed by atoms with E-state index < -0.39 is 0 Å². The Labute approximate surface area is 77.4 Å². The van der Waals surface area contributed by atoms with Gasteiger partial charge in [-0.25, -0.2) is 0 Å². The second kappa shape index (κ2) is 4.21. The van der Waals surface area contributed by atoms with Gasteiger partial charge in [-0.05, 0) is 31.4 Å². The molecule has 0 aliphatic rings. The van der Waals surface area contributed by atoms with Crippen LogP contribution in [0.25, 0.3) is 0 Å². The van der Waals surface area contributed by atoms with Crippen LogP contribution >= 0.6 is 11.8 Å². The van der Waals surface area contributed by atoms with Crippen molar-refractivity contribution in [2.75, 3.05) is 6.26 Å². The van der Waals surface area contributed by atoms with Gasteiger partial charge in [0.15, 0.2) is 5.09 Å². The lowest BCUT2D eigenvalue weighted by Crippen LogP contribution is -1.90. The van der Waals surface area contributed by atoms with Gasteiger partial charge in [-0.15, -0.1) is 0 Å². The van der Waals surface area contributed by atoms with Gasteiger partial charge in [0, 0.05) is 0 Å². The molecular weight excluding hydrogens is 168 g/mol. The van der Waals surface area contributed by atoms with Gasteiger partial charge in [0.25, 0.3) is 0 Å². The van der Waals surface area contributed by atoms with Gasteiger partial charge in [0.05, 0.1) is 0 Å². The molecule has 0 fully saturated rings. The maximum absolute atomic E-state index is 5.46. The van der Waals surface area contributed by atoms with Crippen LogP contribution in [0.1, 0.15) is 5.56 Å². The van der Waals surface area contributed by atoms with Gasteiger partial charge in [0.2, 0.25) is 0 Å². The Kier molecular flexibility index (Phi) is 3.23. The minimum atomic E-state index is 0.726. The van der Waals surface area contributed by atoms with Crippen LogP contribution in [0.3, 0.4) is 0 Å². The number of aryl methyl sites for hydroxylation is 1. The van der Waals surface area contributed by atoms with Crippen molar-refractivity contribution < 1.29 is 4.74 Å². The SMILES string of the molecule is C=C(Oc1ccccc1C)SC. The van der Waals surface area contributed by atoms with E-state index in [0.717, 1.165) is 16.4 Å². The lowest BCUT2D eigenvalue weighted by Gasteiger charge is -2.07. The van der Waals surface area contributed by atoms with Crippen LogP contribution in [0.4, 0.5) is 0 Å². The van der Waals surface area contributed by atoms with Crippen molar-refractivity contribution in [2.24, 2.45) is 0 Å². The van der Waals surface area contributed by atoms with Crippen molar-refractivity contribution in [3.63, 3.8) is 0 Å². The van der Waals surface area contributed by atoms with Gasteiger partial charge in [-0.1, -0.05) is 30.0 Å². The molecule has 0 spiro atoms. The highest BCUT2D eigenvalue weighted by atomic mass is 32.2. The predicted molar refractivity (Wildman–Crippen MR) is 54.5 cm³/mol. The molecule has 0 bridgehead atoms. The molecule has 1 aromatic rings. The highest BCUT2D eigenvalue weighted by Gasteiger charge is 1.98. The van der Waals surface area contributed by atoms with Crippen molar-refractivity contribution in [3.8, 4) is 5.75 Å². The Bertz CT molecular complexity index is 281. The molecule has 0 amide bonds. The molecule has 1 aromatic carbocycles. The summed E-state index contributed by atoms with van der Waals surface area (Å²) in [6.45, 7) is 5.77. The maximum atomic E-state index is 5.46. The fraction of sp³-hybridized carbons (Fsp3) is 0.200. The fourth-order valence-corrected chi connectivity index (χ4v) is 1.01. The average Bonchev–Trinajstić information content (AvgIpc) is 2.09. The third kappa shape index (κ3) is 2.31. The zero-order valence-corrected chi connectivity index (χ0v) is 8.15. The van der Waals surface area contributed by atoms with E-state index in [4.69, 9.17) is 4.74 Å². The molecule has 0 N–H and O–H groups in total. The smallest absolute Gasteiger partial charge is 0.153 e. The minimum Gasteiger partial charge on any atom is -0.451 e. The highest BCUT2D eigenvalue weighted by Crippen LogP contribution is 2.21. The molecule has 0 heterocycles. The molecular formula is C10H12OS. The molecule has 0 aliphatic heterocycles. The number of hydrogen-bond acceptors (Lipinski definition) is 2. The molecule has 0 unspecified atom stereocenters. The summed E-state index contributed by atoms with van der Waals surface area (Å²) in [4.78, 5) is 0. The van der Waals surface area contributed by atoms with Gasteiger partial charge in [0.1, 0.15) is 5.75 Å². The molecule has 1 rings (SSSR count). The number of ether oxygens (including phenoxy) is 1. The van der Waals surface area contributed by atoms with Gasteiger partial charge < -0.3 is 4.74 Å². The normalized spacial score (nSPS) is 9.50. The average molecular weight is 180 g/mol. The van der Waals surface area contributed by atoms with E-state index in [0.29, 0.717) is 0 Å². The summed E-state index contributed by atoms with van der Waals surface area (Å²) in [7, 11) is 0. The molecule has 0 saturated heterocycles. The van der Waals surface area contributed by atoms with Gasteiger partial charge in [-0.3, -0.25) is 0 Å². The Balaban J connectivity index is 2.75. The summed E-state index contributed by atoms with van der Waals surface area (Å²) in [6.07, 6.45) is 1.95. The summed E-state index contributed by atoms with van der Waals surface area (Å²) < 4.78 is 5.46. The lowest BCUT2D eigenvalue weighted by atomic mass is 10.2. The predicted octanol–water partition coefficient (Wildman–Crippen LogP) is 3.21. The van der Waals surface area contributed by atoms with Crippen LogP contribution in [0.2, 0.25) is 0 Å². The monoisotopic (exact) mass is 180 g/mol. The van der Waals surface area contributed by atoms with Gasteiger partial charge >= 0.3 is 0 Å². The van der Waals surface area contributed by atoms with Crippen LogP contribution in [0.15, 0.2) is 35.9 Å². The molecule has 12 heavy (non-hydrogen) atoms. The standard InChI is InChI=1S/C10H12OS/c1-8-6-4-5-7-10(8)11-9(2)12-3/h4-7H,2H2,1,3H3. The number of para-hydroxylation sites is 1. The molecule has 0 aromatic heterocycles. The van der Waals surface area contributed by atoms with Crippen molar-refractivity contribution in [2.45, 2.75) is 6.92 Å². The quantitative estimate of drug-likeness (QED) is 0.660. The maximum Gasteiger partial charge on any atom is 0.153 e. The first kappa shape index (κ1) is 9.20. The summed E-state index contributed by atoms with van der Waals surface area (Å²) >= 11 is 1.51. The van der Waals surface area contributed by atoms with Crippen LogP contribution in [-0.2, 0) is 0 Å². The van der Waals surface area contributed by atoms with Crippen LogP contribution in [0, 0.1) is 6.92 Å². The Morgan fingerprint density at radius 2 is 2.08 bits per heavy atom. The van der Waals surface area contributed by atoms with Gasteiger partial charge in [-0.2, -0.15) is 0 Å². The number of thioether (sulfide) groups is 1. The topological polar surface area (TPSA) is 9.23 Å². The number of hydrogen-bond donors (Lipinski definition) is 0. The Morgan fingerprint density at radius 3 is 2.67 bits per heavy atom. The molecule has 0 radical (unpaired) electrons.